The van der Waals surface area contributed by atoms with Crippen LogP contribution in [0.25, 0.3) is 0 Å². The maximum Gasteiger partial charge on any atom is 0.253 e. The monoisotopic (exact) mass is 437 g/mol. The topological polar surface area (TPSA) is 65.9 Å². The van der Waals surface area contributed by atoms with Gasteiger partial charge in [0.2, 0.25) is 0 Å². The summed E-state index contributed by atoms with van der Waals surface area (Å²) in [6, 6.07) is 13.6. The molecule has 0 radical (unpaired) electrons. The Morgan fingerprint density at radius 1 is 1.06 bits per heavy atom. The van der Waals surface area contributed by atoms with Crippen molar-refractivity contribution >= 4 is 5.91 Å². The molecule has 2 aromatic rings. The molecule has 0 saturated carbocycles. The molecule has 4 rings (SSSR count). The standard InChI is InChI=1S/C26H35N3O3/c1-2-25(30)20-10-17-29(18-11-20)26(31)21-6-8-23(9-7-21)32-24-12-15-28(16-13-24)19-22-5-3-4-14-27-22/h3-9,14,20,24-25,30H,2,10-13,15-19H2,1H3/t25-/m0/s1. The number of amides is 1. The van der Waals surface area contributed by atoms with E-state index in [1.807, 2.05) is 54.4 Å². The third-order valence-corrected chi connectivity index (χ3v) is 6.84. The largest absolute Gasteiger partial charge is 0.490 e. The Morgan fingerprint density at radius 2 is 1.78 bits per heavy atom. The van der Waals surface area contributed by atoms with Crippen molar-refractivity contribution in [3.8, 4) is 5.75 Å². The van der Waals surface area contributed by atoms with Gasteiger partial charge < -0.3 is 14.7 Å². The fourth-order valence-electron chi connectivity index (χ4n) is 4.78. The van der Waals surface area contributed by atoms with E-state index in [0.717, 1.165) is 76.3 Å². The molecule has 1 N–H and O–H groups in total. The van der Waals surface area contributed by atoms with Gasteiger partial charge in [0.15, 0.2) is 0 Å². The Labute approximate surface area is 191 Å². The number of aliphatic hydroxyl groups is 1. The smallest absolute Gasteiger partial charge is 0.253 e. The Balaban J connectivity index is 1.22. The number of hydrogen-bond acceptors (Lipinski definition) is 5. The first-order valence-electron chi connectivity index (χ1n) is 12.0. The maximum absolute atomic E-state index is 12.8. The van der Waals surface area contributed by atoms with Crippen LogP contribution in [0.15, 0.2) is 48.7 Å². The minimum atomic E-state index is -0.245. The van der Waals surface area contributed by atoms with E-state index in [2.05, 4.69) is 16.0 Å². The zero-order chi connectivity index (χ0) is 22.3. The molecule has 0 unspecified atom stereocenters. The molecule has 1 amide bonds. The number of ether oxygens (including phenoxy) is 1. The third kappa shape index (κ3) is 5.87. The quantitative estimate of drug-likeness (QED) is 0.715. The van der Waals surface area contributed by atoms with Crippen molar-refractivity contribution in [2.24, 2.45) is 5.92 Å². The molecule has 0 spiro atoms. The molecular formula is C26H35N3O3. The molecule has 2 aliphatic heterocycles. The molecule has 2 saturated heterocycles. The highest BCUT2D eigenvalue weighted by Crippen LogP contribution is 2.25. The first-order valence-corrected chi connectivity index (χ1v) is 12.0. The van der Waals surface area contributed by atoms with Gasteiger partial charge in [-0.05, 0) is 74.4 Å². The van der Waals surface area contributed by atoms with Crippen molar-refractivity contribution in [2.75, 3.05) is 26.2 Å². The summed E-state index contributed by atoms with van der Waals surface area (Å²) in [5.74, 6) is 1.22. The van der Waals surface area contributed by atoms with Crippen LogP contribution in [0.2, 0.25) is 0 Å². The second-order valence-electron chi connectivity index (χ2n) is 9.04. The number of piperidine rings is 2. The van der Waals surface area contributed by atoms with Crippen LogP contribution >= 0.6 is 0 Å². The van der Waals surface area contributed by atoms with Crippen LogP contribution in [0.1, 0.15) is 55.1 Å². The van der Waals surface area contributed by atoms with Crippen molar-refractivity contribution in [3.63, 3.8) is 0 Å². The molecule has 32 heavy (non-hydrogen) atoms. The van der Waals surface area contributed by atoms with E-state index in [-0.39, 0.29) is 18.1 Å². The first kappa shape index (κ1) is 22.7. The number of aliphatic hydroxyl groups excluding tert-OH is 1. The van der Waals surface area contributed by atoms with Gasteiger partial charge in [-0.25, -0.2) is 0 Å². The van der Waals surface area contributed by atoms with Crippen molar-refractivity contribution in [1.29, 1.82) is 0 Å². The van der Waals surface area contributed by atoms with Crippen LogP contribution in [-0.4, -0.2) is 64.2 Å². The highest BCUT2D eigenvalue weighted by atomic mass is 16.5. The number of carbonyl (C=O) groups is 1. The maximum atomic E-state index is 12.8. The number of hydrogen-bond donors (Lipinski definition) is 1. The molecule has 1 aromatic heterocycles. The molecule has 0 bridgehead atoms. The zero-order valence-electron chi connectivity index (χ0n) is 19.0. The van der Waals surface area contributed by atoms with Gasteiger partial charge in [-0.3, -0.25) is 14.7 Å². The van der Waals surface area contributed by atoms with Gasteiger partial charge >= 0.3 is 0 Å². The normalized spacial score (nSPS) is 19.6. The van der Waals surface area contributed by atoms with Crippen molar-refractivity contribution in [1.82, 2.24) is 14.8 Å². The van der Waals surface area contributed by atoms with Crippen LogP contribution in [0.4, 0.5) is 0 Å². The Hall–Kier alpha value is -2.44. The van der Waals surface area contributed by atoms with E-state index < -0.39 is 0 Å². The van der Waals surface area contributed by atoms with E-state index in [1.165, 1.54) is 0 Å². The number of aromatic nitrogens is 1. The minimum Gasteiger partial charge on any atom is -0.490 e. The summed E-state index contributed by atoms with van der Waals surface area (Å²) in [6.45, 7) is 6.34. The number of nitrogens with zero attached hydrogens (tertiary/aromatic N) is 3. The summed E-state index contributed by atoms with van der Waals surface area (Å²) in [5, 5.41) is 10.0. The van der Waals surface area contributed by atoms with Gasteiger partial charge in [0.05, 0.1) is 11.8 Å². The van der Waals surface area contributed by atoms with Gasteiger partial charge in [0.25, 0.3) is 5.91 Å². The average Bonchev–Trinajstić information content (AvgIpc) is 2.85. The fourth-order valence-corrected chi connectivity index (χ4v) is 4.78. The van der Waals surface area contributed by atoms with Gasteiger partial charge in [-0.2, -0.15) is 0 Å². The first-order chi connectivity index (χ1) is 15.6. The molecular weight excluding hydrogens is 402 g/mol. The molecule has 6 heteroatoms. The van der Waals surface area contributed by atoms with Crippen LogP contribution in [0.3, 0.4) is 0 Å². The van der Waals surface area contributed by atoms with Gasteiger partial charge in [-0.15, -0.1) is 0 Å². The van der Waals surface area contributed by atoms with E-state index in [4.69, 9.17) is 4.74 Å². The predicted molar refractivity (Wildman–Crippen MR) is 125 cm³/mol. The van der Waals surface area contributed by atoms with Crippen LogP contribution in [-0.2, 0) is 6.54 Å². The van der Waals surface area contributed by atoms with Crippen molar-refractivity contribution in [3.05, 3.63) is 59.9 Å². The summed E-state index contributed by atoms with van der Waals surface area (Å²) in [6.07, 6.45) is 6.33. The van der Waals surface area contributed by atoms with Gasteiger partial charge in [0, 0.05) is 44.5 Å². The minimum absolute atomic E-state index is 0.0730. The van der Waals surface area contributed by atoms with Gasteiger partial charge in [0.1, 0.15) is 11.9 Å². The number of carbonyl (C=O) groups excluding carboxylic acids is 1. The summed E-state index contributed by atoms with van der Waals surface area (Å²) < 4.78 is 6.19. The van der Waals surface area contributed by atoms with Crippen molar-refractivity contribution in [2.45, 2.75) is 57.8 Å². The Bertz CT molecular complexity index is 842. The molecule has 1 atom stereocenters. The van der Waals surface area contributed by atoms with Crippen molar-refractivity contribution < 1.29 is 14.6 Å². The fraction of sp³-hybridized carbons (Fsp3) is 0.538. The van der Waals surface area contributed by atoms with E-state index >= 15 is 0 Å². The lowest BCUT2D eigenvalue weighted by Gasteiger charge is -2.34. The van der Waals surface area contributed by atoms with Crippen LogP contribution in [0, 0.1) is 5.92 Å². The number of rotatable bonds is 7. The SMILES string of the molecule is CC[C@H](O)C1CCN(C(=O)c2ccc(OC3CCN(Cc4ccccn4)CC3)cc2)CC1. The lowest BCUT2D eigenvalue weighted by atomic mass is 9.90. The lowest BCUT2D eigenvalue weighted by Crippen LogP contribution is -2.41. The lowest BCUT2D eigenvalue weighted by molar-refractivity contribution is 0.0453. The Morgan fingerprint density at radius 3 is 2.41 bits per heavy atom. The third-order valence-electron chi connectivity index (χ3n) is 6.84. The summed E-state index contributed by atoms with van der Waals surface area (Å²) >= 11 is 0. The molecule has 3 heterocycles. The predicted octanol–water partition coefficient (Wildman–Crippen LogP) is 3.75. The Kier molecular flexibility index (Phi) is 7.76. The number of pyridine rings is 1. The number of benzene rings is 1. The molecule has 0 aliphatic carbocycles. The van der Waals surface area contributed by atoms with Crippen LogP contribution in [0.5, 0.6) is 5.75 Å². The van der Waals surface area contributed by atoms with E-state index in [1.54, 1.807) is 0 Å². The van der Waals surface area contributed by atoms with E-state index in [0.29, 0.717) is 11.5 Å². The molecule has 2 aliphatic rings. The summed E-state index contributed by atoms with van der Waals surface area (Å²) in [7, 11) is 0. The summed E-state index contributed by atoms with van der Waals surface area (Å²) in [4.78, 5) is 21.6. The molecule has 2 fully saturated rings. The highest BCUT2D eigenvalue weighted by Gasteiger charge is 2.27. The molecule has 1 aromatic carbocycles. The highest BCUT2D eigenvalue weighted by molar-refractivity contribution is 5.94. The zero-order valence-corrected chi connectivity index (χ0v) is 19.0. The average molecular weight is 438 g/mol. The second-order valence-corrected chi connectivity index (χ2v) is 9.04. The molecule has 172 valence electrons. The van der Waals surface area contributed by atoms with Crippen LogP contribution < -0.4 is 4.74 Å². The molecule has 6 nitrogen and oxygen atoms in total. The summed E-state index contributed by atoms with van der Waals surface area (Å²) in [5.41, 5.74) is 1.81. The second kappa shape index (κ2) is 10.9. The van der Waals surface area contributed by atoms with E-state index in [9.17, 15) is 9.90 Å². The van der Waals surface area contributed by atoms with Gasteiger partial charge in [-0.1, -0.05) is 13.0 Å². The number of likely N-dealkylation sites (tertiary alicyclic amines) is 2.